The van der Waals surface area contributed by atoms with Gasteiger partial charge < -0.3 is 5.11 Å². The van der Waals surface area contributed by atoms with Crippen LogP contribution in [0.4, 0.5) is 0 Å². The lowest BCUT2D eigenvalue weighted by atomic mass is 9.79. The van der Waals surface area contributed by atoms with Crippen LogP contribution in [0.2, 0.25) is 10.0 Å². The molecule has 0 saturated heterocycles. The average Bonchev–Trinajstić information content (AvgIpc) is 2.29. The van der Waals surface area contributed by atoms with Gasteiger partial charge >= 0.3 is 5.97 Å². The van der Waals surface area contributed by atoms with Gasteiger partial charge in [0.2, 0.25) is 0 Å². The Hall–Kier alpha value is -1.24. The highest BCUT2D eigenvalue weighted by Crippen LogP contribution is 2.33. The number of nitrogens with zero attached hydrogens (tertiary/aromatic N) is 1. The number of benzene rings is 1. The largest absolute Gasteiger partial charge is 0.481 e. The maximum atomic E-state index is 11.3. The maximum absolute atomic E-state index is 11.3. The summed E-state index contributed by atoms with van der Waals surface area (Å²) in [5, 5.41) is 18.5. The summed E-state index contributed by atoms with van der Waals surface area (Å²) in [6.45, 7) is 1.58. The number of nitriles is 1. The van der Waals surface area contributed by atoms with Gasteiger partial charge in [-0.25, -0.2) is 0 Å². The van der Waals surface area contributed by atoms with Gasteiger partial charge in [-0.15, -0.1) is 0 Å². The molecule has 0 amide bonds. The molecule has 0 heterocycles. The second-order valence-corrected chi connectivity index (χ2v) is 4.74. The first kappa shape index (κ1) is 13.8. The number of hydrogen-bond acceptors (Lipinski definition) is 2. The van der Waals surface area contributed by atoms with E-state index in [1.165, 1.54) is 6.07 Å². The molecule has 0 fully saturated rings. The molecule has 1 unspecified atom stereocenters. The van der Waals surface area contributed by atoms with Crippen molar-refractivity contribution in [3.8, 4) is 6.07 Å². The van der Waals surface area contributed by atoms with Gasteiger partial charge in [-0.1, -0.05) is 29.3 Å². The third-order valence-electron chi connectivity index (χ3n) is 2.77. The Balaban J connectivity index is 3.18. The summed E-state index contributed by atoms with van der Waals surface area (Å²) in [6.07, 6.45) is 0.403. The summed E-state index contributed by atoms with van der Waals surface area (Å²) >= 11 is 11.7. The van der Waals surface area contributed by atoms with Crippen LogP contribution in [0.5, 0.6) is 0 Å². The first-order valence-corrected chi connectivity index (χ1v) is 5.73. The standard InChI is InChI=1S/C12H11Cl2NO2/c1-12(11(16)17,5-2-6-15)8-3-4-9(13)10(14)7-8/h3-4,7H,2,5H2,1H3,(H,16,17). The number of rotatable bonds is 4. The average molecular weight is 272 g/mol. The van der Waals surface area contributed by atoms with E-state index >= 15 is 0 Å². The topological polar surface area (TPSA) is 61.1 Å². The van der Waals surface area contributed by atoms with Crippen molar-refractivity contribution < 1.29 is 9.90 Å². The molecule has 0 spiro atoms. The fraction of sp³-hybridized carbons (Fsp3) is 0.333. The predicted molar refractivity (Wildman–Crippen MR) is 66.3 cm³/mol. The van der Waals surface area contributed by atoms with Crippen LogP contribution >= 0.6 is 23.2 Å². The Kier molecular flexibility index (Phi) is 4.39. The molecule has 5 heteroatoms. The van der Waals surface area contributed by atoms with E-state index in [4.69, 9.17) is 28.5 Å². The number of carboxylic acids is 1. The number of aliphatic carboxylic acids is 1. The Morgan fingerprint density at radius 2 is 2.12 bits per heavy atom. The lowest BCUT2D eigenvalue weighted by molar-refractivity contribution is -0.143. The van der Waals surface area contributed by atoms with Gasteiger partial charge in [0, 0.05) is 6.42 Å². The van der Waals surface area contributed by atoms with E-state index in [0.717, 1.165) is 0 Å². The second kappa shape index (κ2) is 5.39. The van der Waals surface area contributed by atoms with Gasteiger partial charge in [0.05, 0.1) is 21.5 Å². The van der Waals surface area contributed by atoms with Crippen molar-refractivity contribution in [2.45, 2.75) is 25.2 Å². The molecule has 1 aromatic rings. The summed E-state index contributed by atoms with van der Waals surface area (Å²) in [4.78, 5) is 11.3. The summed E-state index contributed by atoms with van der Waals surface area (Å²) in [5.41, 5.74) is -0.570. The third-order valence-corrected chi connectivity index (χ3v) is 3.50. The maximum Gasteiger partial charge on any atom is 0.313 e. The molecular formula is C12H11Cl2NO2. The molecule has 1 atom stereocenters. The van der Waals surface area contributed by atoms with Gasteiger partial charge in [-0.3, -0.25) is 4.79 Å². The zero-order chi connectivity index (χ0) is 13.1. The van der Waals surface area contributed by atoms with Crippen LogP contribution in [0.3, 0.4) is 0 Å². The normalized spacial score (nSPS) is 13.8. The quantitative estimate of drug-likeness (QED) is 0.910. The minimum atomic E-state index is -1.12. The van der Waals surface area contributed by atoms with Gasteiger partial charge in [-0.05, 0) is 31.0 Å². The molecule has 0 saturated carbocycles. The minimum absolute atomic E-state index is 0.170. The van der Waals surface area contributed by atoms with Crippen molar-refractivity contribution in [1.29, 1.82) is 5.26 Å². The SMILES string of the molecule is CC(CCC#N)(C(=O)O)c1ccc(Cl)c(Cl)c1. The van der Waals surface area contributed by atoms with Gasteiger partial charge in [0.1, 0.15) is 0 Å². The lowest BCUT2D eigenvalue weighted by Crippen LogP contribution is -2.32. The first-order chi connectivity index (χ1) is 7.91. The Bertz CT molecular complexity index is 482. The number of halogens is 2. The van der Waals surface area contributed by atoms with Crippen molar-refractivity contribution in [1.82, 2.24) is 0 Å². The summed E-state index contributed by atoms with van der Waals surface area (Å²) in [5.74, 6) is -0.980. The molecule has 1 rings (SSSR count). The second-order valence-electron chi connectivity index (χ2n) is 3.92. The van der Waals surface area contributed by atoms with Gasteiger partial charge in [-0.2, -0.15) is 5.26 Å². The molecule has 0 aliphatic rings. The van der Waals surface area contributed by atoms with Crippen molar-refractivity contribution in [3.63, 3.8) is 0 Å². The minimum Gasteiger partial charge on any atom is -0.481 e. The third kappa shape index (κ3) is 2.91. The zero-order valence-corrected chi connectivity index (χ0v) is 10.7. The van der Waals surface area contributed by atoms with Crippen LogP contribution in [-0.4, -0.2) is 11.1 Å². The van der Waals surface area contributed by atoms with E-state index < -0.39 is 11.4 Å². The molecule has 1 aromatic carbocycles. The van der Waals surface area contributed by atoms with Crippen LogP contribution in [0.25, 0.3) is 0 Å². The van der Waals surface area contributed by atoms with Crippen molar-refractivity contribution in [3.05, 3.63) is 33.8 Å². The number of hydrogen-bond donors (Lipinski definition) is 1. The molecule has 0 aliphatic heterocycles. The predicted octanol–water partition coefficient (Wildman–Crippen LogP) is 3.64. The molecule has 90 valence electrons. The highest BCUT2D eigenvalue weighted by molar-refractivity contribution is 6.42. The molecule has 17 heavy (non-hydrogen) atoms. The van der Waals surface area contributed by atoms with Crippen LogP contribution in [-0.2, 0) is 10.2 Å². The summed E-state index contributed by atoms with van der Waals surface area (Å²) in [6, 6.07) is 6.68. The fourth-order valence-electron chi connectivity index (χ4n) is 1.52. The van der Waals surface area contributed by atoms with Gasteiger partial charge in [0.15, 0.2) is 0 Å². The highest BCUT2D eigenvalue weighted by atomic mass is 35.5. The molecule has 3 nitrogen and oxygen atoms in total. The highest BCUT2D eigenvalue weighted by Gasteiger charge is 2.35. The van der Waals surface area contributed by atoms with Crippen molar-refractivity contribution in [2.75, 3.05) is 0 Å². The molecular weight excluding hydrogens is 261 g/mol. The van der Waals surface area contributed by atoms with E-state index in [9.17, 15) is 9.90 Å². The molecule has 0 radical (unpaired) electrons. The van der Waals surface area contributed by atoms with Crippen LogP contribution < -0.4 is 0 Å². The fourth-order valence-corrected chi connectivity index (χ4v) is 1.82. The Morgan fingerprint density at radius 3 is 2.59 bits per heavy atom. The van der Waals surface area contributed by atoms with E-state index in [2.05, 4.69) is 0 Å². The smallest absolute Gasteiger partial charge is 0.313 e. The van der Waals surface area contributed by atoms with Crippen molar-refractivity contribution in [2.24, 2.45) is 0 Å². The molecule has 0 bridgehead atoms. The Labute approximate surface area is 110 Å². The number of carboxylic acid groups (broad SMARTS) is 1. The van der Waals surface area contributed by atoms with Crippen molar-refractivity contribution >= 4 is 29.2 Å². The van der Waals surface area contributed by atoms with Crippen LogP contribution in [0.1, 0.15) is 25.3 Å². The van der Waals surface area contributed by atoms with Crippen LogP contribution in [0, 0.1) is 11.3 Å². The zero-order valence-electron chi connectivity index (χ0n) is 9.20. The summed E-state index contributed by atoms with van der Waals surface area (Å²) < 4.78 is 0. The number of carbonyl (C=O) groups is 1. The first-order valence-electron chi connectivity index (χ1n) is 4.97. The van der Waals surface area contributed by atoms with E-state index in [1.54, 1.807) is 19.1 Å². The van der Waals surface area contributed by atoms with Gasteiger partial charge in [0.25, 0.3) is 0 Å². The molecule has 1 N–H and O–H groups in total. The monoisotopic (exact) mass is 271 g/mol. The Morgan fingerprint density at radius 1 is 1.47 bits per heavy atom. The van der Waals surface area contributed by atoms with E-state index in [-0.39, 0.29) is 12.8 Å². The summed E-state index contributed by atoms with van der Waals surface area (Å²) in [7, 11) is 0. The lowest BCUT2D eigenvalue weighted by Gasteiger charge is -2.24. The van der Waals surface area contributed by atoms with Crippen LogP contribution in [0.15, 0.2) is 18.2 Å². The molecule has 0 aliphatic carbocycles. The molecule has 0 aromatic heterocycles. The van der Waals surface area contributed by atoms with E-state index in [1.807, 2.05) is 6.07 Å². The van der Waals surface area contributed by atoms with E-state index in [0.29, 0.717) is 15.6 Å².